The van der Waals surface area contributed by atoms with Gasteiger partial charge in [0, 0.05) is 9.75 Å². The van der Waals surface area contributed by atoms with Crippen LogP contribution in [-0.4, -0.2) is 18.8 Å². The molecule has 0 saturated heterocycles. The SMILES string of the molecule is CN[C@H](CO)c1cc(C)c(C)s1. The number of hydrogen-bond donors (Lipinski definition) is 2. The summed E-state index contributed by atoms with van der Waals surface area (Å²) in [7, 11) is 1.87. The lowest BCUT2D eigenvalue weighted by Crippen LogP contribution is -2.18. The van der Waals surface area contributed by atoms with Gasteiger partial charge in [-0.05, 0) is 32.5 Å². The smallest absolute Gasteiger partial charge is 0.0647 e. The number of aliphatic hydroxyl groups excluding tert-OH is 1. The molecule has 0 spiro atoms. The van der Waals surface area contributed by atoms with E-state index in [0.717, 1.165) is 0 Å². The second kappa shape index (κ2) is 4.03. The maximum atomic E-state index is 9.02. The van der Waals surface area contributed by atoms with Crippen LogP contribution in [0.1, 0.15) is 21.4 Å². The quantitative estimate of drug-likeness (QED) is 0.750. The fourth-order valence-electron chi connectivity index (χ4n) is 1.10. The van der Waals surface area contributed by atoms with Crippen LogP contribution in [0, 0.1) is 13.8 Å². The Kier molecular flexibility index (Phi) is 3.26. The van der Waals surface area contributed by atoms with Gasteiger partial charge in [0.25, 0.3) is 0 Å². The molecule has 0 saturated carbocycles. The van der Waals surface area contributed by atoms with Gasteiger partial charge in [-0.3, -0.25) is 0 Å². The minimum Gasteiger partial charge on any atom is -0.394 e. The maximum absolute atomic E-state index is 9.02. The third-order valence-corrected chi connectivity index (χ3v) is 3.33. The molecule has 1 aromatic heterocycles. The number of likely N-dealkylation sites (N-methyl/N-ethyl adjacent to an activating group) is 1. The van der Waals surface area contributed by atoms with Crippen LogP contribution >= 0.6 is 11.3 Å². The first-order valence-electron chi connectivity index (χ1n) is 4.04. The Morgan fingerprint density at radius 2 is 2.25 bits per heavy atom. The molecule has 0 amide bonds. The molecule has 0 aromatic carbocycles. The predicted octanol–water partition coefficient (Wildman–Crippen LogP) is 1.62. The van der Waals surface area contributed by atoms with Gasteiger partial charge in [0.2, 0.25) is 0 Å². The van der Waals surface area contributed by atoms with Crippen LogP contribution in [-0.2, 0) is 0 Å². The highest BCUT2D eigenvalue weighted by Gasteiger charge is 2.10. The second-order valence-electron chi connectivity index (χ2n) is 2.91. The van der Waals surface area contributed by atoms with E-state index in [2.05, 4.69) is 25.2 Å². The minimum absolute atomic E-state index is 0.0994. The molecule has 68 valence electrons. The highest BCUT2D eigenvalue weighted by atomic mass is 32.1. The fourth-order valence-corrected chi connectivity index (χ4v) is 2.24. The molecule has 3 heteroatoms. The van der Waals surface area contributed by atoms with Gasteiger partial charge in [-0.2, -0.15) is 0 Å². The summed E-state index contributed by atoms with van der Waals surface area (Å²) >= 11 is 1.75. The summed E-state index contributed by atoms with van der Waals surface area (Å²) in [5, 5.41) is 12.1. The molecule has 0 aliphatic rings. The van der Waals surface area contributed by atoms with Crippen molar-refractivity contribution < 1.29 is 5.11 Å². The van der Waals surface area contributed by atoms with Crippen molar-refractivity contribution in [1.29, 1.82) is 0 Å². The number of aryl methyl sites for hydroxylation is 2. The zero-order valence-corrected chi connectivity index (χ0v) is 8.53. The van der Waals surface area contributed by atoms with Gasteiger partial charge in [-0.1, -0.05) is 0 Å². The van der Waals surface area contributed by atoms with Gasteiger partial charge < -0.3 is 10.4 Å². The average molecular weight is 185 g/mol. The Labute approximate surface area is 77.2 Å². The monoisotopic (exact) mass is 185 g/mol. The maximum Gasteiger partial charge on any atom is 0.0647 e. The molecule has 0 aliphatic heterocycles. The van der Waals surface area contributed by atoms with Crippen molar-refractivity contribution in [2.24, 2.45) is 0 Å². The number of thiophene rings is 1. The molecule has 12 heavy (non-hydrogen) atoms. The van der Waals surface area contributed by atoms with Gasteiger partial charge in [0.15, 0.2) is 0 Å². The van der Waals surface area contributed by atoms with Crippen LogP contribution in [0.5, 0.6) is 0 Å². The average Bonchev–Trinajstić information content (AvgIpc) is 2.35. The first kappa shape index (κ1) is 9.71. The summed E-state index contributed by atoms with van der Waals surface area (Å²) in [6.07, 6.45) is 0. The van der Waals surface area contributed by atoms with Crippen LogP contribution in [0.3, 0.4) is 0 Å². The Bertz CT molecular complexity index is 234. The number of nitrogens with one attached hydrogen (secondary N) is 1. The molecule has 1 aromatic rings. The number of aliphatic hydroxyl groups is 1. The van der Waals surface area contributed by atoms with Crippen molar-refractivity contribution in [3.63, 3.8) is 0 Å². The van der Waals surface area contributed by atoms with Crippen molar-refractivity contribution in [3.8, 4) is 0 Å². The summed E-state index contributed by atoms with van der Waals surface area (Å²) < 4.78 is 0. The van der Waals surface area contributed by atoms with Gasteiger partial charge in [-0.15, -0.1) is 11.3 Å². The van der Waals surface area contributed by atoms with E-state index in [1.54, 1.807) is 11.3 Å². The van der Waals surface area contributed by atoms with E-state index < -0.39 is 0 Å². The lowest BCUT2D eigenvalue weighted by Gasteiger charge is -2.09. The molecule has 1 rings (SSSR count). The van der Waals surface area contributed by atoms with E-state index in [1.165, 1.54) is 15.3 Å². The van der Waals surface area contributed by atoms with E-state index in [4.69, 9.17) is 5.11 Å². The fraction of sp³-hybridized carbons (Fsp3) is 0.556. The van der Waals surface area contributed by atoms with Gasteiger partial charge in [-0.25, -0.2) is 0 Å². The van der Waals surface area contributed by atoms with E-state index in [-0.39, 0.29) is 12.6 Å². The first-order valence-corrected chi connectivity index (χ1v) is 4.85. The number of rotatable bonds is 3. The van der Waals surface area contributed by atoms with Gasteiger partial charge >= 0.3 is 0 Å². The molecule has 1 atom stereocenters. The summed E-state index contributed by atoms with van der Waals surface area (Å²) in [5.74, 6) is 0. The Balaban J connectivity index is 2.86. The summed E-state index contributed by atoms with van der Waals surface area (Å²) in [4.78, 5) is 2.55. The molecule has 0 bridgehead atoms. The van der Waals surface area contributed by atoms with E-state index >= 15 is 0 Å². The topological polar surface area (TPSA) is 32.3 Å². The summed E-state index contributed by atoms with van der Waals surface area (Å²) in [6, 6.07) is 2.24. The zero-order chi connectivity index (χ0) is 9.14. The van der Waals surface area contributed by atoms with Crippen LogP contribution in [0.4, 0.5) is 0 Å². The highest BCUT2D eigenvalue weighted by Crippen LogP contribution is 2.25. The van der Waals surface area contributed by atoms with Crippen molar-refractivity contribution in [2.75, 3.05) is 13.7 Å². The van der Waals surface area contributed by atoms with Gasteiger partial charge in [0.1, 0.15) is 0 Å². The first-order chi connectivity index (χ1) is 5.69. The van der Waals surface area contributed by atoms with Crippen LogP contribution in [0.15, 0.2) is 6.07 Å². The normalized spacial score (nSPS) is 13.3. The molecule has 0 fully saturated rings. The lowest BCUT2D eigenvalue weighted by molar-refractivity contribution is 0.253. The van der Waals surface area contributed by atoms with Crippen molar-refractivity contribution in [3.05, 3.63) is 21.4 Å². The summed E-state index contributed by atoms with van der Waals surface area (Å²) in [6.45, 7) is 4.36. The van der Waals surface area contributed by atoms with E-state index in [9.17, 15) is 0 Å². The third kappa shape index (κ3) is 1.86. The Morgan fingerprint density at radius 1 is 1.58 bits per heavy atom. The molecular formula is C9H15NOS. The minimum atomic E-state index is 0.0994. The second-order valence-corrected chi connectivity index (χ2v) is 4.20. The van der Waals surface area contributed by atoms with E-state index in [0.29, 0.717) is 0 Å². The molecule has 2 nitrogen and oxygen atoms in total. The van der Waals surface area contributed by atoms with Crippen LogP contribution in [0.2, 0.25) is 0 Å². The Morgan fingerprint density at radius 3 is 2.58 bits per heavy atom. The van der Waals surface area contributed by atoms with Gasteiger partial charge in [0.05, 0.1) is 12.6 Å². The van der Waals surface area contributed by atoms with Crippen molar-refractivity contribution >= 4 is 11.3 Å². The molecule has 1 heterocycles. The molecule has 0 radical (unpaired) electrons. The van der Waals surface area contributed by atoms with Crippen molar-refractivity contribution in [1.82, 2.24) is 5.32 Å². The lowest BCUT2D eigenvalue weighted by atomic mass is 10.2. The predicted molar refractivity (Wildman–Crippen MR) is 52.7 cm³/mol. The zero-order valence-electron chi connectivity index (χ0n) is 7.72. The van der Waals surface area contributed by atoms with Crippen molar-refractivity contribution in [2.45, 2.75) is 19.9 Å². The standard InChI is InChI=1S/C9H15NOS/c1-6-4-9(12-7(6)2)8(5-11)10-3/h4,8,10-11H,5H2,1-3H3/t8-/m1/s1. The highest BCUT2D eigenvalue weighted by molar-refractivity contribution is 7.12. The number of hydrogen-bond acceptors (Lipinski definition) is 3. The largest absolute Gasteiger partial charge is 0.394 e. The molecule has 0 aliphatic carbocycles. The third-order valence-electron chi connectivity index (χ3n) is 2.06. The summed E-state index contributed by atoms with van der Waals surface area (Å²) in [5.41, 5.74) is 1.31. The molecule has 2 N–H and O–H groups in total. The van der Waals surface area contributed by atoms with E-state index in [1.807, 2.05) is 7.05 Å². The van der Waals surface area contributed by atoms with Crippen LogP contribution < -0.4 is 5.32 Å². The van der Waals surface area contributed by atoms with Crippen LogP contribution in [0.25, 0.3) is 0 Å². The molecular weight excluding hydrogens is 170 g/mol. The Hall–Kier alpha value is -0.380. The molecule has 0 unspecified atom stereocenters.